The summed E-state index contributed by atoms with van der Waals surface area (Å²) in [5.41, 5.74) is 7.50. The smallest absolute Gasteiger partial charge is 1.00 e. The number of likely N-dealkylation sites (tertiary alicyclic amines) is 2. The van der Waals surface area contributed by atoms with Crippen molar-refractivity contribution in [2.75, 3.05) is 39.3 Å². The van der Waals surface area contributed by atoms with Gasteiger partial charge in [-0.15, -0.1) is 12.4 Å². The molecule has 0 bridgehead atoms. The number of benzene rings is 2. The second-order valence-corrected chi connectivity index (χ2v) is 13.3. The standard InChI is InChI=1S/2C19H30NO.Ag.2ClH.HI.H2O/c2*1-5-18(20(6-2)12-7-8-13-20)19(21)14-17-15(3)10-9-11-16(17)4;;;;;/h2*9-11,18H,5-8,12-14H2,1-4H3;;3*1H;1H2/q3*+1;;;;/p-2. The molecule has 2 aliphatic heterocycles. The van der Waals surface area contributed by atoms with E-state index in [2.05, 4.69) is 121 Å². The number of nitrogens with zero attached hydrogens (tertiary/aromatic N) is 2. The first-order valence-corrected chi connectivity index (χ1v) is 19.0. The predicted molar refractivity (Wildman–Crippen MR) is 194 cm³/mol. The number of carbonyl (C=O) groups is 2. The first-order valence-electron chi connectivity index (χ1n) is 17.1. The van der Waals surface area contributed by atoms with Gasteiger partial charge in [0.05, 0.1) is 39.3 Å². The van der Waals surface area contributed by atoms with Gasteiger partial charge in [0.1, 0.15) is 12.1 Å². The molecule has 2 atom stereocenters. The molecule has 0 radical (unpaired) electrons. The van der Waals surface area contributed by atoms with Crippen molar-refractivity contribution in [2.24, 2.45) is 0 Å². The van der Waals surface area contributed by atoms with Gasteiger partial charge in [0.15, 0.2) is 11.6 Å². The van der Waals surface area contributed by atoms with Gasteiger partial charge < -0.3 is 38.4 Å². The number of quaternary nitrogens is 2. The van der Waals surface area contributed by atoms with E-state index in [1.54, 1.807) is 0 Å². The van der Waals surface area contributed by atoms with E-state index >= 15 is 0 Å². The quantitative estimate of drug-likeness (QED) is 0.173. The molecule has 0 saturated carbocycles. The van der Waals surface area contributed by atoms with Crippen molar-refractivity contribution >= 4 is 33.2 Å². The number of rotatable bonds is 12. The van der Waals surface area contributed by atoms with Crippen molar-refractivity contribution in [3.8, 4) is 0 Å². The zero-order valence-electron chi connectivity index (χ0n) is 30.2. The third-order valence-electron chi connectivity index (χ3n) is 11.0. The Balaban J connectivity index is 0. The second kappa shape index (κ2) is 24.0. The van der Waals surface area contributed by atoms with Crippen molar-refractivity contribution < 1.29 is 68.0 Å². The Bertz CT molecular complexity index is 1080. The Morgan fingerprint density at radius 1 is 0.638 bits per heavy atom. The van der Waals surface area contributed by atoms with E-state index in [0.29, 0.717) is 24.4 Å². The van der Waals surface area contributed by atoms with Gasteiger partial charge >= 0.3 is 29.2 Å². The monoisotopic (exact) mass is 899 g/mol. The van der Waals surface area contributed by atoms with E-state index in [-0.39, 0.29) is 53.9 Å². The van der Waals surface area contributed by atoms with Gasteiger partial charge in [0.25, 0.3) is 0 Å². The average Bonchev–Trinajstić information content (AvgIpc) is 3.71. The van der Waals surface area contributed by atoms with Crippen LogP contribution in [0.4, 0.5) is 0 Å². The van der Waals surface area contributed by atoms with E-state index in [1.165, 1.54) is 85.2 Å². The topological polar surface area (TPSA) is 65.6 Å². The average molecular weight is 902 g/mol. The number of likely N-dealkylation sites (N-methyl/N-ethyl adjacent to an activating group) is 2. The maximum Gasteiger partial charge on any atom is -1.00 e. The Hall–Kier alpha value is -0.290. The molecule has 5 nitrogen and oxygen atoms in total. The molecule has 9 heteroatoms. The number of halogens is 3. The van der Waals surface area contributed by atoms with E-state index in [1.807, 2.05) is 0 Å². The zero-order valence-corrected chi connectivity index (χ0v) is 35.4. The van der Waals surface area contributed by atoms with Crippen LogP contribution in [0.25, 0.3) is 0 Å². The molecule has 2 aromatic rings. The maximum absolute atomic E-state index is 13.0. The third kappa shape index (κ3) is 12.5. The van der Waals surface area contributed by atoms with E-state index in [0.717, 1.165) is 34.9 Å². The SMILES string of the molecule is CCC(C(=O)Cc1c(C)cccc1C)[N+]1(CC)CCCC1.CCC(C(=O)Cc1c(C)cccc1C)[N+]1(CC)CCCC1.Cl.O.[Cl][Ag].[I-]. The number of ketones is 2. The minimum Gasteiger partial charge on any atom is -1.00 e. The van der Waals surface area contributed by atoms with Gasteiger partial charge in [-0.05, 0) is 74.9 Å². The number of Topliss-reactive ketones (excluding diaryl/α,β-unsaturated/α-hetero) is 2. The van der Waals surface area contributed by atoms with Gasteiger partial charge in [0, 0.05) is 51.4 Å². The molecule has 0 aliphatic carbocycles. The molecule has 2 heterocycles. The third-order valence-corrected chi connectivity index (χ3v) is 11.0. The van der Waals surface area contributed by atoms with Crippen LogP contribution in [0.15, 0.2) is 36.4 Å². The summed E-state index contributed by atoms with van der Waals surface area (Å²) >= 11 is 2.42. The van der Waals surface area contributed by atoms with E-state index in [4.69, 9.17) is 0 Å². The van der Waals surface area contributed by atoms with Crippen molar-refractivity contribution in [3.05, 3.63) is 69.8 Å². The fourth-order valence-electron chi connectivity index (χ4n) is 8.31. The molecule has 274 valence electrons. The number of carbonyl (C=O) groups excluding carboxylic acids is 2. The first-order chi connectivity index (χ1) is 21.1. The summed E-state index contributed by atoms with van der Waals surface area (Å²) in [6.45, 7) is 24.3. The van der Waals surface area contributed by atoms with Crippen molar-refractivity contribution in [3.63, 3.8) is 0 Å². The number of hydrogen-bond acceptors (Lipinski definition) is 2. The van der Waals surface area contributed by atoms with Crippen LogP contribution < -0.4 is 24.0 Å². The van der Waals surface area contributed by atoms with Crippen LogP contribution >= 0.6 is 21.6 Å². The van der Waals surface area contributed by atoms with E-state index < -0.39 is 0 Å². The van der Waals surface area contributed by atoms with Gasteiger partial charge in [-0.2, -0.15) is 0 Å². The Morgan fingerprint density at radius 2 is 0.894 bits per heavy atom. The minimum atomic E-state index is 0. The van der Waals surface area contributed by atoms with Crippen LogP contribution in [0.2, 0.25) is 0 Å². The fraction of sp³-hybridized carbons (Fsp3) is 0.632. The summed E-state index contributed by atoms with van der Waals surface area (Å²) in [5, 5.41) is 0. The predicted octanol–water partition coefficient (Wildman–Crippen LogP) is 4.94. The van der Waals surface area contributed by atoms with Crippen LogP contribution in [-0.2, 0) is 42.4 Å². The van der Waals surface area contributed by atoms with Crippen LogP contribution in [0, 0.1) is 27.7 Å². The van der Waals surface area contributed by atoms with Gasteiger partial charge in [0.2, 0.25) is 0 Å². The summed E-state index contributed by atoms with van der Waals surface area (Å²) in [7, 11) is 4.45. The van der Waals surface area contributed by atoms with Gasteiger partial charge in [-0.25, -0.2) is 0 Å². The molecule has 2 aliphatic rings. The van der Waals surface area contributed by atoms with Crippen molar-refractivity contribution in [1.82, 2.24) is 0 Å². The van der Waals surface area contributed by atoms with Crippen LogP contribution in [0.5, 0.6) is 0 Å². The fourth-order valence-corrected chi connectivity index (χ4v) is 8.31. The molecule has 0 aromatic heterocycles. The molecule has 2 aromatic carbocycles. The molecule has 2 saturated heterocycles. The molecule has 47 heavy (non-hydrogen) atoms. The van der Waals surface area contributed by atoms with Gasteiger partial charge in [-0.1, -0.05) is 50.2 Å². The molecule has 0 amide bonds. The molecular weight excluding hydrogens is 838 g/mol. The van der Waals surface area contributed by atoms with Crippen LogP contribution in [0.1, 0.15) is 99.6 Å². The number of aryl methyl sites for hydroxylation is 4. The Kier molecular flexibility index (Phi) is 24.9. The largest absolute Gasteiger partial charge is 1.00 e. The Morgan fingerprint density at radius 3 is 1.11 bits per heavy atom. The van der Waals surface area contributed by atoms with E-state index in [9.17, 15) is 9.59 Å². The Labute approximate surface area is 326 Å². The molecule has 2 unspecified atom stereocenters. The summed E-state index contributed by atoms with van der Waals surface area (Å²) in [6, 6.07) is 13.0. The van der Waals surface area contributed by atoms with Crippen LogP contribution in [0.3, 0.4) is 0 Å². The minimum absolute atomic E-state index is 0. The summed E-state index contributed by atoms with van der Waals surface area (Å²) in [4.78, 5) is 26.0. The molecule has 2 N–H and O–H groups in total. The summed E-state index contributed by atoms with van der Waals surface area (Å²) < 4.78 is 2.06. The van der Waals surface area contributed by atoms with Crippen molar-refractivity contribution in [1.29, 1.82) is 0 Å². The molecule has 2 fully saturated rings. The first kappa shape index (κ1) is 48.8. The molecular formula is C38H63AgCl2IN2O3+. The van der Waals surface area contributed by atoms with Gasteiger partial charge in [-0.3, -0.25) is 9.59 Å². The van der Waals surface area contributed by atoms with Crippen LogP contribution in [-0.4, -0.2) is 77.4 Å². The maximum atomic E-state index is 13.0. The van der Waals surface area contributed by atoms with Crippen molar-refractivity contribution in [2.45, 2.75) is 119 Å². The normalized spacial score (nSPS) is 16.8. The molecule has 4 rings (SSSR count). The second-order valence-electron chi connectivity index (χ2n) is 13.3. The summed E-state index contributed by atoms with van der Waals surface area (Å²) in [5.74, 6) is 0.886. The summed E-state index contributed by atoms with van der Waals surface area (Å²) in [6.07, 6.45) is 8.27. The number of hydrogen-bond donors (Lipinski definition) is 0. The zero-order chi connectivity index (χ0) is 32.9. The molecule has 0 spiro atoms.